The van der Waals surface area contributed by atoms with Crippen molar-refractivity contribution in [3.05, 3.63) is 29.6 Å². The van der Waals surface area contributed by atoms with Crippen molar-refractivity contribution >= 4 is 11.0 Å². The van der Waals surface area contributed by atoms with Gasteiger partial charge in [-0.2, -0.15) is 0 Å². The van der Waals surface area contributed by atoms with Crippen LogP contribution in [0.3, 0.4) is 0 Å². The number of nitrogens with one attached hydrogen (secondary N) is 2. The Morgan fingerprint density at radius 3 is 2.71 bits per heavy atom. The molecule has 3 nitrogen and oxygen atoms in total. The average Bonchev–Trinajstić information content (AvgIpc) is 2.86. The third-order valence-electron chi connectivity index (χ3n) is 6.06. The number of aromatic nitrogens is 2. The lowest BCUT2D eigenvalue weighted by atomic mass is 9.54. The third-order valence-corrected chi connectivity index (χ3v) is 6.06. The third kappa shape index (κ3) is 1.80. The standard InChI is InChI=1S/C18H25N3/c1-3-18(13-6-4-7-14(18)11-19-10-13)15-8-5-9-16-17(15)21-12(2)20-16/h5,8-9,13-14,19H,3-4,6-7,10-11H2,1-2H3,(H,20,21). The number of imidazole rings is 1. The number of nitrogens with zero attached hydrogens (tertiary/aromatic N) is 1. The second-order valence-electron chi connectivity index (χ2n) is 6.90. The first-order valence-electron chi connectivity index (χ1n) is 8.42. The quantitative estimate of drug-likeness (QED) is 0.885. The second-order valence-corrected chi connectivity index (χ2v) is 6.90. The summed E-state index contributed by atoms with van der Waals surface area (Å²) in [6.45, 7) is 6.79. The van der Waals surface area contributed by atoms with E-state index < -0.39 is 0 Å². The van der Waals surface area contributed by atoms with Gasteiger partial charge in [-0.25, -0.2) is 4.98 Å². The summed E-state index contributed by atoms with van der Waals surface area (Å²) in [7, 11) is 0. The smallest absolute Gasteiger partial charge is 0.104 e. The molecule has 2 aromatic rings. The zero-order valence-electron chi connectivity index (χ0n) is 13.1. The molecule has 112 valence electrons. The number of piperidine rings is 1. The molecule has 1 aromatic carbocycles. The lowest BCUT2D eigenvalue weighted by Crippen LogP contribution is -2.56. The molecule has 0 amide bonds. The Balaban J connectivity index is 1.95. The monoisotopic (exact) mass is 283 g/mol. The number of hydrogen-bond acceptors (Lipinski definition) is 2. The van der Waals surface area contributed by atoms with Crippen molar-refractivity contribution in [3.8, 4) is 0 Å². The Bertz CT molecular complexity index is 636. The predicted octanol–water partition coefficient (Wildman–Crippen LogP) is 3.54. The van der Waals surface area contributed by atoms with Crippen molar-refractivity contribution in [1.29, 1.82) is 0 Å². The van der Waals surface area contributed by atoms with Crippen LogP contribution in [0, 0.1) is 18.8 Å². The summed E-state index contributed by atoms with van der Waals surface area (Å²) in [5, 5.41) is 3.67. The van der Waals surface area contributed by atoms with Crippen molar-refractivity contribution in [3.63, 3.8) is 0 Å². The second kappa shape index (κ2) is 4.84. The van der Waals surface area contributed by atoms with E-state index in [2.05, 4.69) is 42.3 Å². The fraction of sp³-hybridized carbons (Fsp3) is 0.611. The molecular formula is C18H25N3. The summed E-state index contributed by atoms with van der Waals surface area (Å²) in [6.07, 6.45) is 5.34. The molecule has 4 rings (SSSR count). The largest absolute Gasteiger partial charge is 0.342 e. The average molecular weight is 283 g/mol. The van der Waals surface area contributed by atoms with Gasteiger partial charge in [0.25, 0.3) is 0 Å². The number of benzene rings is 1. The summed E-state index contributed by atoms with van der Waals surface area (Å²) < 4.78 is 0. The molecule has 0 radical (unpaired) electrons. The van der Waals surface area contributed by atoms with E-state index in [1.807, 2.05) is 0 Å². The molecule has 1 aromatic heterocycles. The molecule has 2 N–H and O–H groups in total. The maximum atomic E-state index is 4.83. The fourth-order valence-corrected chi connectivity index (χ4v) is 5.20. The summed E-state index contributed by atoms with van der Waals surface area (Å²) in [5.41, 5.74) is 4.25. The van der Waals surface area contributed by atoms with Gasteiger partial charge >= 0.3 is 0 Å². The van der Waals surface area contributed by atoms with E-state index in [1.165, 1.54) is 55.4 Å². The number of aromatic amines is 1. The lowest BCUT2D eigenvalue weighted by molar-refractivity contribution is 0.0636. The van der Waals surface area contributed by atoms with Gasteiger partial charge in [-0.1, -0.05) is 25.5 Å². The summed E-state index contributed by atoms with van der Waals surface area (Å²) in [4.78, 5) is 8.25. The van der Waals surface area contributed by atoms with Gasteiger partial charge in [-0.15, -0.1) is 0 Å². The van der Waals surface area contributed by atoms with Gasteiger partial charge in [-0.05, 0) is 62.7 Å². The van der Waals surface area contributed by atoms with E-state index in [-0.39, 0.29) is 0 Å². The van der Waals surface area contributed by atoms with E-state index in [9.17, 15) is 0 Å². The van der Waals surface area contributed by atoms with Crippen LogP contribution in [0.15, 0.2) is 18.2 Å². The van der Waals surface area contributed by atoms with Crippen LogP contribution in [0.1, 0.15) is 44.0 Å². The lowest BCUT2D eigenvalue weighted by Gasteiger charge is -2.53. The Morgan fingerprint density at radius 1 is 1.24 bits per heavy atom. The van der Waals surface area contributed by atoms with Crippen molar-refractivity contribution in [2.45, 2.75) is 44.9 Å². The molecule has 2 bridgehead atoms. The van der Waals surface area contributed by atoms with Crippen LogP contribution >= 0.6 is 0 Å². The minimum absolute atomic E-state index is 0.324. The SMILES string of the molecule is CCC1(c2cccc3[nH]c(C)nc23)C2CCCC1CNC2. The van der Waals surface area contributed by atoms with E-state index in [4.69, 9.17) is 4.98 Å². The molecule has 1 saturated carbocycles. The highest BCUT2D eigenvalue weighted by molar-refractivity contribution is 5.80. The highest BCUT2D eigenvalue weighted by atomic mass is 14.9. The maximum Gasteiger partial charge on any atom is 0.104 e. The van der Waals surface area contributed by atoms with Gasteiger partial charge in [0.2, 0.25) is 0 Å². The Morgan fingerprint density at radius 2 is 2.00 bits per heavy atom. The summed E-state index contributed by atoms with van der Waals surface area (Å²) >= 11 is 0. The van der Waals surface area contributed by atoms with Crippen LogP contribution in [0.4, 0.5) is 0 Å². The van der Waals surface area contributed by atoms with Crippen LogP contribution in [0.25, 0.3) is 11.0 Å². The van der Waals surface area contributed by atoms with Gasteiger partial charge < -0.3 is 10.3 Å². The van der Waals surface area contributed by atoms with Gasteiger partial charge in [-0.3, -0.25) is 0 Å². The fourth-order valence-electron chi connectivity index (χ4n) is 5.20. The summed E-state index contributed by atoms with van der Waals surface area (Å²) in [6, 6.07) is 6.73. The zero-order valence-corrected chi connectivity index (χ0v) is 13.1. The Hall–Kier alpha value is -1.35. The molecule has 1 aliphatic heterocycles. The van der Waals surface area contributed by atoms with E-state index in [0.717, 1.165) is 17.7 Å². The van der Waals surface area contributed by atoms with Crippen LogP contribution in [0.5, 0.6) is 0 Å². The molecule has 2 heterocycles. The highest BCUT2D eigenvalue weighted by Crippen LogP contribution is 2.52. The molecule has 0 spiro atoms. The molecule has 2 aliphatic rings. The van der Waals surface area contributed by atoms with Crippen LogP contribution in [-0.4, -0.2) is 23.1 Å². The van der Waals surface area contributed by atoms with Gasteiger partial charge in [0.1, 0.15) is 5.82 Å². The molecule has 2 atom stereocenters. The van der Waals surface area contributed by atoms with E-state index in [0.29, 0.717) is 5.41 Å². The van der Waals surface area contributed by atoms with Crippen molar-refractivity contribution in [2.75, 3.05) is 13.1 Å². The maximum absolute atomic E-state index is 4.83. The molecule has 21 heavy (non-hydrogen) atoms. The van der Waals surface area contributed by atoms with E-state index >= 15 is 0 Å². The van der Waals surface area contributed by atoms with Gasteiger partial charge in [0.15, 0.2) is 0 Å². The topological polar surface area (TPSA) is 40.7 Å². The predicted molar refractivity (Wildman–Crippen MR) is 86.5 cm³/mol. The first-order valence-corrected chi connectivity index (χ1v) is 8.42. The van der Waals surface area contributed by atoms with Crippen molar-refractivity contribution < 1.29 is 0 Å². The number of rotatable bonds is 2. The molecule has 2 unspecified atom stereocenters. The highest BCUT2D eigenvalue weighted by Gasteiger charge is 2.50. The number of fused-ring (bicyclic) bond motifs is 3. The Labute approximate surface area is 126 Å². The molecule has 2 fully saturated rings. The minimum atomic E-state index is 0.324. The van der Waals surface area contributed by atoms with E-state index in [1.54, 1.807) is 0 Å². The van der Waals surface area contributed by atoms with Crippen LogP contribution in [-0.2, 0) is 5.41 Å². The summed E-state index contributed by atoms with van der Waals surface area (Å²) in [5.74, 6) is 2.55. The number of H-pyrrole nitrogens is 1. The van der Waals surface area contributed by atoms with Gasteiger partial charge in [0.05, 0.1) is 11.0 Å². The Kier molecular flexibility index (Phi) is 3.07. The molecule has 3 heteroatoms. The number of aryl methyl sites for hydroxylation is 1. The van der Waals surface area contributed by atoms with Crippen LogP contribution in [0.2, 0.25) is 0 Å². The van der Waals surface area contributed by atoms with Crippen LogP contribution < -0.4 is 5.32 Å². The first kappa shape index (κ1) is 13.3. The zero-order chi connectivity index (χ0) is 14.4. The molecule has 1 aliphatic carbocycles. The first-order chi connectivity index (χ1) is 10.3. The minimum Gasteiger partial charge on any atom is -0.342 e. The molecular weight excluding hydrogens is 258 g/mol. The number of hydrogen-bond donors (Lipinski definition) is 2. The normalized spacial score (nSPS) is 32.5. The number of para-hydroxylation sites is 1. The van der Waals surface area contributed by atoms with Crippen molar-refractivity contribution in [2.24, 2.45) is 11.8 Å². The molecule has 1 saturated heterocycles. The van der Waals surface area contributed by atoms with Gasteiger partial charge in [0, 0.05) is 5.41 Å². The van der Waals surface area contributed by atoms with Crippen molar-refractivity contribution in [1.82, 2.24) is 15.3 Å².